The van der Waals surface area contributed by atoms with E-state index in [0.29, 0.717) is 12.8 Å². The van der Waals surface area contributed by atoms with E-state index >= 15 is 0 Å². The number of hydrogen-bond donors (Lipinski definition) is 0. The molecule has 0 saturated carbocycles. The summed E-state index contributed by atoms with van der Waals surface area (Å²) in [4.78, 5) is 0. The minimum atomic E-state index is -3.05. The molecule has 0 aromatic carbocycles. The normalized spacial score (nSPS) is 15.7. The summed E-state index contributed by atoms with van der Waals surface area (Å²) in [7, 11) is -3.05. The summed E-state index contributed by atoms with van der Waals surface area (Å²) in [6, 6.07) is 0. The van der Waals surface area contributed by atoms with Crippen LogP contribution in [0.5, 0.6) is 0 Å². The van der Waals surface area contributed by atoms with Gasteiger partial charge in [-0.05, 0) is 38.5 Å². The second kappa shape index (κ2) is 6.40. The molecule has 0 bridgehead atoms. The molecule has 0 N–H and O–H groups in total. The van der Waals surface area contributed by atoms with E-state index in [0.717, 1.165) is 19.3 Å². The van der Waals surface area contributed by atoms with Crippen LogP contribution in [0.1, 0.15) is 80.6 Å². The quantitative estimate of drug-likeness (QED) is 0.650. The second-order valence-electron chi connectivity index (χ2n) is 6.23. The van der Waals surface area contributed by atoms with Crippen molar-refractivity contribution in [1.29, 1.82) is 0 Å². The Morgan fingerprint density at radius 2 is 1.28 bits per heavy atom. The van der Waals surface area contributed by atoms with Crippen LogP contribution < -0.4 is 0 Å². The Labute approximate surface area is 114 Å². The summed E-state index contributed by atoms with van der Waals surface area (Å²) in [5, 5.41) is -0.243. The zero-order valence-corrected chi connectivity index (χ0v) is 14.2. The van der Waals surface area contributed by atoms with Gasteiger partial charge < -0.3 is 0 Å². The smallest absolute Gasteiger partial charge is 0.158 e. The fraction of sp³-hybridized carbons (Fsp3) is 1.00. The molecule has 0 fully saturated rings. The molecule has 0 heterocycles. The minimum Gasteiger partial charge on any atom is -0.228 e. The van der Waals surface area contributed by atoms with Crippen molar-refractivity contribution in [3.05, 3.63) is 0 Å². The third-order valence-corrected chi connectivity index (χ3v) is 8.38. The van der Waals surface area contributed by atoms with Gasteiger partial charge in [-0.15, -0.1) is 0 Å². The molecule has 0 aliphatic carbocycles. The Morgan fingerprint density at radius 3 is 1.56 bits per heavy atom. The molecule has 0 aliphatic heterocycles. The van der Waals surface area contributed by atoms with Crippen LogP contribution in [-0.2, 0) is 9.84 Å². The molecule has 18 heavy (non-hydrogen) atoms. The van der Waals surface area contributed by atoms with Crippen LogP contribution >= 0.6 is 0 Å². The van der Waals surface area contributed by atoms with Crippen LogP contribution in [0.3, 0.4) is 0 Å². The van der Waals surface area contributed by atoms with Crippen molar-refractivity contribution in [3.63, 3.8) is 0 Å². The Kier molecular flexibility index (Phi) is 6.39. The van der Waals surface area contributed by atoms with Gasteiger partial charge in [0.25, 0.3) is 0 Å². The number of sulfone groups is 1. The Morgan fingerprint density at radius 1 is 0.889 bits per heavy atom. The molecule has 0 aliphatic rings. The molecule has 0 radical (unpaired) electrons. The van der Waals surface area contributed by atoms with Gasteiger partial charge in [-0.25, -0.2) is 8.42 Å². The van der Waals surface area contributed by atoms with Crippen LogP contribution in [-0.4, -0.2) is 18.4 Å². The van der Waals surface area contributed by atoms with Crippen LogP contribution in [0.25, 0.3) is 0 Å². The standard InChI is InChI=1S/C15H32O2S/c1-8-14(6,9-2)12-13(5)18(16,17)15(7,10-3)11-4/h13H,8-12H2,1-7H3. The van der Waals surface area contributed by atoms with Crippen molar-refractivity contribution in [2.45, 2.75) is 90.6 Å². The highest BCUT2D eigenvalue weighted by Crippen LogP contribution is 2.37. The number of hydrogen-bond acceptors (Lipinski definition) is 2. The largest absolute Gasteiger partial charge is 0.228 e. The molecule has 1 atom stereocenters. The lowest BCUT2D eigenvalue weighted by Gasteiger charge is -2.35. The highest BCUT2D eigenvalue weighted by molar-refractivity contribution is 7.93. The first kappa shape index (κ1) is 17.9. The Bertz CT molecular complexity index is 336. The van der Waals surface area contributed by atoms with E-state index in [4.69, 9.17) is 0 Å². The molecular formula is C15H32O2S. The fourth-order valence-corrected chi connectivity index (χ4v) is 4.88. The lowest BCUT2D eigenvalue weighted by atomic mass is 9.80. The molecule has 0 aromatic rings. The van der Waals surface area contributed by atoms with E-state index in [1.807, 2.05) is 27.7 Å². The number of rotatable bonds is 8. The highest BCUT2D eigenvalue weighted by Gasteiger charge is 2.41. The van der Waals surface area contributed by atoms with Gasteiger partial charge in [0.1, 0.15) is 0 Å². The molecule has 0 rings (SSSR count). The summed E-state index contributed by atoms with van der Waals surface area (Å²) >= 11 is 0. The van der Waals surface area contributed by atoms with Crippen molar-refractivity contribution in [2.75, 3.05) is 0 Å². The van der Waals surface area contributed by atoms with Crippen molar-refractivity contribution in [2.24, 2.45) is 5.41 Å². The van der Waals surface area contributed by atoms with Gasteiger partial charge in [-0.3, -0.25) is 0 Å². The van der Waals surface area contributed by atoms with Crippen LogP contribution in [0.15, 0.2) is 0 Å². The maximum atomic E-state index is 12.7. The third-order valence-electron chi connectivity index (χ3n) is 5.20. The van der Waals surface area contributed by atoms with Gasteiger partial charge in [-0.2, -0.15) is 0 Å². The summed E-state index contributed by atoms with van der Waals surface area (Å²) in [5.74, 6) is 0. The van der Waals surface area contributed by atoms with E-state index in [1.165, 1.54) is 0 Å². The van der Waals surface area contributed by atoms with Crippen molar-refractivity contribution in [3.8, 4) is 0 Å². The van der Waals surface area contributed by atoms with E-state index in [-0.39, 0.29) is 10.7 Å². The molecular weight excluding hydrogens is 244 g/mol. The zero-order chi connectivity index (χ0) is 14.6. The Balaban J connectivity index is 5.15. The van der Waals surface area contributed by atoms with Crippen LogP contribution in [0.2, 0.25) is 0 Å². The lowest BCUT2D eigenvalue weighted by molar-refractivity contribution is 0.269. The van der Waals surface area contributed by atoms with E-state index in [1.54, 1.807) is 0 Å². The predicted molar refractivity (Wildman–Crippen MR) is 80.7 cm³/mol. The summed E-state index contributed by atoms with van der Waals surface area (Å²) in [6.07, 6.45) is 4.25. The minimum absolute atomic E-state index is 0.148. The van der Waals surface area contributed by atoms with Crippen molar-refractivity contribution in [1.82, 2.24) is 0 Å². The van der Waals surface area contributed by atoms with Gasteiger partial charge in [0, 0.05) is 0 Å². The topological polar surface area (TPSA) is 34.1 Å². The highest BCUT2D eigenvalue weighted by atomic mass is 32.2. The molecule has 0 amide bonds. The summed E-state index contributed by atoms with van der Waals surface area (Å²) in [6.45, 7) is 14.3. The van der Waals surface area contributed by atoms with E-state index in [2.05, 4.69) is 20.8 Å². The summed E-state index contributed by atoms with van der Waals surface area (Å²) < 4.78 is 24.9. The summed E-state index contributed by atoms with van der Waals surface area (Å²) in [5.41, 5.74) is 0.148. The average Bonchev–Trinajstić information content (AvgIpc) is 2.36. The van der Waals surface area contributed by atoms with Gasteiger partial charge in [0.15, 0.2) is 9.84 Å². The Hall–Kier alpha value is -0.0500. The fourth-order valence-electron chi connectivity index (χ4n) is 2.48. The molecule has 0 spiro atoms. The van der Waals surface area contributed by atoms with Gasteiger partial charge in [0.05, 0.1) is 10.00 Å². The third kappa shape index (κ3) is 3.49. The molecule has 110 valence electrons. The van der Waals surface area contributed by atoms with E-state index < -0.39 is 14.6 Å². The predicted octanol–water partition coefficient (Wildman–Crippen LogP) is 4.58. The van der Waals surface area contributed by atoms with Gasteiger partial charge >= 0.3 is 0 Å². The SMILES string of the molecule is CCC(C)(CC)CC(C)S(=O)(=O)C(C)(CC)CC. The monoisotopic (exact) mass is 276 g/mol. The molecule has 2 nitrogen and oxygen atoms in total. The first-order chi connectivity index (χ1) is 8.12. The van der Waals surface area contributed by atoms with E-state index in [9.17, 15) is 8.42 Å². The maximum absolute atomic E-state index is 12.7. The van der Waals surface area contributed by atoms with Crippen LogP contribution in [0.4, 0.5) is 0 Å². The van der Waals surface area contributed by atoms with Crippen LogP contribution in [0, 0.1) is 5.41 Å². The molecule has 0 saturated heterocycles. The molecule has 1 unspecified atom stereocenters. The first-order valence-corrected chi connectivity index (χ1v) is 8.90. The van der Waals surface area contributed by atoms with Crippen molar-refractivity contribution < 1.29 is 8.42 Å². The lowest BCUT2D eigenvalue weighted by Crippen LogP contribution is -2.42. The van der Waals surface area contributed by atoms with Gasteiger partial charge in [-0.1, -0.05) is 47.5 Å². The van der Waals surface area contributed by atoms with Crippen molar-refractivity contribution >= 4 is 9.84 Å². The molecule has 3 heteroatoms. The first-order valence-electron chi connectivity index (χ1n) is 7.35. The zero-order valence-electron chi connectivity index (χ0n) is 13.3. The average molecular weight is 276 g/mol. The second-order valence-corrected chi connectivity index (χ2v) is 9.11. The molecule has 0 aromatic heterocycles. The maximum Gasteiger partial charge on any atom is 0.158 e. The van der Waals surface area contributed by atoms with Gasteiger partial charge in [0.2, 0.25) is 0 Å².